The maximum atomic E-state index is 13.5. The van der Waals surface area contributed by atoms with E-state index in [0.29, 0.717) is 27.7 Å². The molecule has 0 N–H and O–H groups in total. The van der Waals surface area contributed by atoms with Gasteiger partial charge in [-0.2, -0.15) is 5.10 Å². The standard InChI is InChI=1S/C21H18ClN3O5/c1-11-12(22)7-6-9-13(11)24-19(26)16-17(21(28)30-3)23-25(18(16)20(24)27)14-8-4-5-10-15(14)29-2/h4-10,16,18H,1-3H3. The molecule has 0 bridgehead atoms. The number of amides is 2. The first-order chi connectivity index (χ1) is 14.4. The van der Waals surface area contributed by atoms with Crippen LogP contribution in [0.2, 0.25) is 5.02 Å². The molecule has 2 amide bonds. The van der Waals surface area contributed by atoms with Crippen molar-refractivity contribution in [1.82, 2.24) is 0 Å². The zero-order valence-corrected chi connectivity index (χ0v) is 17.2. The van der Waals surface area contributed by atoms with Gasteiger partial charge >= 0.3 is 5.97 Å². The van der Waals surface area contributed by atoms with Gasteiger partial charge in [-0.3, -0.25) is 9.59 Å². The summed E-state index contributed by atoms with van der Waals surface area (Å²) in [5.74, 6) is -2.49. The predicted molar refractivity (Wildman–Crippen MR) is 111 cm³/mol. The Balaban J connectivity index is 1.86. The SMILES string of the molecule is COC(=O)C1=NN(c2ccccc2OC)C2C(=O)N(c3cccc(Cl)c3C)C(=O)C12. The minimum Gasteiger partial charge on any atom is -0.495 e. The van der Waals surface area contributed by atoms with Crippen LogP contribution in [-0.2, 0) is 19.1 Å². The van der Waals surface area contributed by atoms with Crippen molar-refractivity contribution in [2.75, 3.05) is 24.1 Å². The Morgan fingerprint density at radius 3 is 2.43 bits per heavy atom. The third kappa shape index (κ3) is 2.83. The lowest BCUT2D eigenvalue weighted by atomic mass is 9.97. The number of benzene rings is 2. The molecule has 1 fully saturated rings. The monoisotopic (exact) mass is 427 g/mol. The van der Waals surface area contributed by atoms with E-state index < -0.39 is 29.7 Å². The molecule has 2 unspecified atom stereocenters. The summed E-state index contributed by atoms with van der Waals surface area (Å²) < 4.78 is 10.2. The molecule has 0 aliphatic carbocycles. The van der Waals surface area contributed by atoms with Gasteiger partial charge in [-0.05, 0) is 36.8 Å². The van der Waals surface area contributed by atoms with Gasteiger partial charge in [0.15, 0.2) is 5.71 Å². The van der Waals surface area contributed by atoms with E-state index in [2.05, 4.69) is 5.10 Å². The molecule has 2 heterocycles. The Morgan fingerprint density at radius 1 is 1.03 bits per heavy atom. The fourth-order valence-corrected chi connectivity index (χ4v) is 3.95. The number of para-hydroxylation sites is 2. The minimum absolute atomic E-state index is 0.131. The van der Waals surface area contributed by atoms with Gasteiger partial charge in [0, 0.05) is 5.02 Å². The molecule has 2 aliphatic rings. The fourth-order valence-electron chi connectivity index (χ4n) is 3.78. The molecule has 2 aromatic carbocycles. The highest BCUT2D eigenvalue weighted by atomic mass is 35.5. The van der Waals surface area contributed by atoms with Gasteiger partial charge in [0.25, 0.3) is 5.91 Å². The Bertz CT molecular complexity index is 1100. The number of nitrogens with zero attached hydrogens (tertiary/aromatic N) is 3. The zero-order chi connectivity index (χ0) is 21.6. The molecule has 2 aromatic rings. The highest BCUT2D eigenvalue weighted by Gasteiger charge is 2.59. The number of halogens is 1. The Labute approximate surface area is 177 Å². The molecule has 1 saturated heterocycles. The highest BCUT2D eigenvalue weighted by Crippen LogP contribution is 2.42. The summed E-state index contributed by atoms with van der Waals surface area (Å²) in [7, 11) is 2.69. The van der Waals surface area contributed by atoms with Gasteiger partial charge < -0.3 is 9.47 Å². The molecular weight excluding hydrogens is 410 g/mol. The second-order valence-electron chi connectivity index (χ2n) is 6.81. The molecule has 154 valence electrons. The first-order valence-electron chi connectivity index (χ1n) is 9.12. The van der Waals surface area contributed by atoms with Crippen LogP contribution < -0.4 is 14.6 Å². The van der Waals surface area contributed by atoms with E-state index in [1.54, 1.807) is 49.4 Å². The van der Waals surface area contributed by atoms with E-state index in [0.717, 1.165) is 4.90 Å². The third-order valence-corrected chi connectivity index (χ3v) is 5.67. The second-order valence-corrected chi connectivity index (χ2v) is 7.22. The number of fused-ring (bicyclic) bond motifs is 1. The van der Waals surface area contributed by atoms with E-state index in [4.69, 9.17) is 21.1 Å². The second kappa shape index (κ2) is 7.46. The number of anilines is 2. The number of esters is 1. The van der Waals surface area contributed by atoms with Crippen molar-refractivity contribution >= 4 is 46.5 Å². The summed E-state index contributed by atoms with van der Waals surface area (Å²) in [5, 5.41) is 6.07. The van der Waals surface area contributed by atoms with Crippen molar-refractivity contribution < 1.29 is 23.9 Å². The molecule has 8 nitrogen and oxygen atoms in total. The average Bonchev–Trinajstić information content (AvgIpc) is 3.27. The van der Waals surface area contributed by atoms with Crippen molar-refractivity contribution in [2.45, 2.75) is 13.0 Å². The third-order valence-electron chi connectivity index (χ3n) is 5.26. The van der Waals surface area contributed by atoms with Gasteiger partial charge in [-0.1, -0.05) is 29.8 Å². The summed E-state index contributed by atoms with van der Waals surface area (Å²) in [6.07, 6.45) is 0. The van der Waals surface area contributed by atoms with Crippen molar-refractivity contribution in [3.05, 3.63) is 53.1 Å². The van der Waals surface area contributed by atoms with E-state index in [9.17, 15) is 14.4 Å². The van der Waals surface area contributed by atoms with Crippen LogP contribution in [0.1, 0.15) is 5.56 Å². The van der Waals surface area contributed by atoms with Gasteiger partial charge in [-0.25, -0.2) is 14.7 Å². The molecule has 0 aromatic heterocycles. The van der Waals surface area contributed by atoms with Crippen molar-refractivity contribution in [1.29, 1.82) is 0 Å². The number of hydrogen-bond acceptors (Lipinski definition) is 7. The normalized spacial score (nSPS) is 20.3. The van der Waals surface area contributed by atoms with Crippen LogP contribution in [0, 0.1) is 12.8 Å². The van der Waals surface area contributed by atoms with Crippen LogP contribution in [0.15, 0.2) is 47.6 Å². The first kappa shape index (κ1) is 19.9. The molecule has 0 saturated carbocycles. The Kier molecular flexibility index (Phi) is 4.95. The number of carbonyl (C=O) groups excluding carboxylic acids is 3. The minimum atomic E-state index is -1.10. The van der Waals surface area contributed by atoms with Crippen molar-refractivity contribution in [2.24, 2.45) is 11.0 Å². The number of ether oxygens (including phenoxy) is 2. The summed E-state index contributed by atoms with van der Waals surface area (Å²) in [4.78, 5) is 40.3. The number of hydrogen-bond donors (Lipinski definition) is 0. The van der Waals surface area contributed by atoms with Gasteiger partial charge in [0.2, 0.25) is 5.91 Å². The number of carbonyl (C=O) groups is 3. The molecule has 0 radical (unpaired) electrons. The lowest BCUT2D eigenvalue weighted by Crippen LogP contribution is -2.39. The van der Waals surface area contributed by atoms with E-state index in [1.807, 2.05) is 0 Å². The van der Waals surface area contributed by atoms with Crippen LogP contribution >= 0.6 is 11.6 Å². The smallest absolute Gasteiger partial charge is 0.355 e. The lowest BCUT2D eigenvalue weighted by molar-refractivity contribution is -0.133. The molecule has 2 atom stereocenters. The van der Waals surface area contributed by atoms with Crippen molar-refractivity contribution in [3.63, 3.8) is 0 Å². The molecule has 4 rings (SSSR count). The van der Waals surface area contributed by atoms with Gasteiger partial charge in [0.1, 0.15) is 23.4 Å². The van der Waals surface area contributed by atoms with Crippen LogP contribution in [0.5, 0.6) is 5.75 Å². The topological polar surface area (TPSA) is 88.5 Å². The summed E-state index contributed by atoms with van der Waals surface area (Å²) in [6.45, 7) is 1.72. The largest absolute Gasteiger partial charge is 0.495 e. The number of imide groups is 1. The highest BCUT2D eigenvalue weighted by molar-refractivity contribution is 6.47. The molecule has 30 heavy (non-hydrogen) atoms. The average molecular weight is 428 g/mol. The predicted octanol–water partition coefficient (Wildman–Crippen LogP) is 2.56. The molecule has 9 heteroatoms. The fraction of sp³-hybridized carbons (Fsp3) is 0.238. The lowest BCUT2D eigenvalue weighted by Gasteiger charge is -2.24. The van der Waals surface area contributed by atoms with Crippen LogP contribution in [0.4, 0.5) is 11.4 Å². The Morgan fingerprint density at radius 2 is 1.73 bits per heavy atom. The van der Waals surface area contributed by atoms with Crippen LogP contribution in [-0.4, -0.2) is 43.8 Å². The van der Waals surface area contributed by atoms with E-state index in [-0.39, 0.29) is 5.71 Å². The summed E-state index contributed by atoms with van der Waals surface area (Å²) in [6, 6.07) is 10.9. The Hall–Kier alpha value is -3.39. The van der Waals surface area contributed by atoms with Crippen LogP contribution in [0.3, 0.4) is 0 Å². The quantitative estimate of drug-likeness (QED) is 0.550. The maximum Gasteiger partial charge on any atom is 0.355 e. The summed E-state index contributed by atoms with van der Waals surface area (Å²) in [5.41, 5.74) is 1.28. The number of methoxy groups -OCH3 is 2. The molecule has 0 spiro atoms. The van der Waals surface area contributed by atoms with E-state index in [1.165, 1.54) is 19.2 Å². The van der Waals surface area contributed by atoms with Crippen molar-refractivity contribution in [3.8, 4) is 5.75 Å². The first-order valence-corrected chi connectivity index (χ1v) is 9.50. The van der Waals surface area contributed by atoms with E-state index >= 15 is 0 Å². The number of hydrazone groups is 1. The maximum absolute atomic E-state index is 13.5. The van der Waals surface area contributed by atoms with Gasteiger partial charge in [-0.15, -0.1) is 0 Å². The number of rotatable bonds is 4. The van der Waals surface area contributed by atoms with Crippen LogP contribution in [0.25, 0.3) is 0 Å². The van der Waals surface area contributed by atoms with Gasteiger partial charge in [0.05, 0.1) is 19.9 Å². The molecule has 2 aliphatic heterocycles. The summed E-state index contributed by atoms with van der Waals surface area (Å²) >= 11 is 6.20. The molecular formula is C21H18ClN3O5. The zero-order valence-electron chi connectivity index (χ0n) is 16.5.